The lowest BCUT2D eigenvalue weighted by molar-refractivity contribution is 0.0901. The van der Waals surface area contributed by atoms with E-state index in [1.165, 1.54) is 0 Å². The van der Waals surface area contributed by atoms with Crippen molar-refractivity contribution in [3.63, 3.8) is 0 Å². The Balaban J connectivity index is 1.95. The molecule has 1 aromatic carbocycles. The van der Waals surface area contributed by atoms with Crippen LogP contribution in [0.3, 0.4) is 0 Å². The van der Waals surface area contributed by atoms with E-state index < -0.39 is 5.54 Å². The molecule has 1 heterocycles. The van der Waals surface area contributed by atoms with Gasteiger partial charge in [-0.05, 0) is 25.8 Å². The SMILES string of the molecule is Cc1onc(-c2ccccc2Cl)c1C(=O)NC1(C#N)CCCCC1. The van der Waals surface area contributed by atoms with E-state index in [0.29, 0.717) is 40.4 Å². The zero-order valence-electron chi connectivity index (χ0n) is 13.4. The van der Waals surface area contributed by atoms with Crippen molar-refractivity contribution in [3.8, 4) is 17.3 Å². The number of nitriles is 1. The Kier molecular flexibility index (Phi) is 4.59. The lowest BCUT2D eigenvalue weighted by atomic mass is 9.82. The summed E-state index contributed by atoms with van der Waals surface area (Å²) in [5, 5.41) is 17.0. The van der Waals surface area contributed by atoms with Crippen LogP contribution in [-0.2, 0) is 0 Å². The third kappa shape index (κ3) is 3.02. The van der Waals surface area contributed by atoms with Gasteiger partial charge in [-0.3, -0.25) is 4.79 Å². The first-order valence-corrected chi connectivity index (χ1v) is 8.39. The van der Waals surface area contributed by atoms with Gasteiger partial charge in [0.1, 0.15) is 22.6 Å². The molecule has 1 saturated carbocycles. The minimum absolute atomic E-state index is 0.336. The Morgan fingerprint density at radius 3 is 2.71 bits per heavy atom. The van der Waals surface area contributed by atoms with Crippen LogP contribution in [0.5, 0.6) is 0 Å². The standard InChI is InChI=1S/C18H18ClN3O2/c1-12-15(16(22-24-12)13-7-3-4-8-14(13)19)17(23)21-18(11-20)9-5-2-6-10-18/h3-4,7-8H,2,5-6,9-10H2,1H3,(H,21,23). The van der Waals surface area contributed by atoms with Crippen molar-refractivity contribution >= 4 is 17.5 Å². The molecule has 1 aliphatic rings. The number of rotatable bonds is 3. The van der Waals surface area contributed by atoms with Crippen LogP contribution < -0.4 is 5.32 Å². The maximum absolute atomic E-state index is 12.9. The second-order valence-corrected chi connectivity index (χ2v) is 6.56. The van der Waals surface area contributed by atoms with Crippen molar-refractivity contribution < 1.29 is 9.32 Å². The molecule has 0 spiro atoms. The van der Waals surface area contributed by atoms with E-state index in [1.54, 1.807) is 19.1 Å². The highest BCUT2D eigenvalue weighted by Gasteiger charge is 2.35. The average Bonchev–Trinajstić information content (AvgIpc) is 2.97. The predicted molar refractivity (Wildman–Crippen MR) is 90.6 cm³/mol. The van der Waals surface area contributed by atoms with E-state index in [0.717, 1.165) is 19.3 Å². The van der Waals surface area contributed by atoms with Gasteiger partial charge in [-0.25, -0.2) is 0 Å². The quantitative estimate of drug-likeness (QED) is 0.903. The van der Waals surface area contributed by atoms with Gasteiger partial charge < -0.3 is 9.84 Å². The second-order valence-electron chi connectivity index (χ2n) is 6.15. The summed E-state index contributed by atoms with van der Waals surface area (Å²) >= 11 is 6.23. The molecule has 0 aliphatic heterocycles. The van der Waals surface area contributed by atoms with Crippen molar-refractivity contribution in [2.24, 2.45) is 0 Å². The Morgan fingerprint density at radius 2 is 2.04 bits per heavy atom. The number of aromatic nitrogens is 1. The normalized spacial score (nSPS) is 16.4. The molecular formula is C18H18ClN3O2. The summed E-state index contributed by atoms with van der Waals surface area (Å²) < 4.78 is 5.23. The van der Waals surface area contributed by atoms with Crippen LogP contribution in [0.25, 0.3) is 11.3 Å². The first kappa shape index (κ1) is 16.5. The smallest absolute Gasteiger partial charge is 0.258 e. The number of hydrogen-bond donors (Lipinski definition) is 1. The Bertz CT molecular complexity index is 801. The van der Waals surface area contributed by atoms with Crippen LogP contribution in [0.1, 0.15) is 48.2 Å². The summed E-state index contributed by atoms with van der Waals surface area (Å²) in [5.41, 5.74) is 0.565. The van der Waals surface area contributed by atoms with Gasteiger partial charge in [0.15, 0.2) is 0 Å². The number of nitrogens with one attached hydrogen (secondary N) is 1. The summed E-state index contributed by atoms with van der Waals surface area (Å²) in [6.45, 7) is 1.68. The number of halogens is 1. The molecule has 1 aliphatic carbocycles. The number of hydrogen-bond acceptors (Lipinski definition) is 4. The zero-order chi connectivity index (χ0) is 17.2. The maximum atomic E-state index is 12.9. The topological polar surface area (TPSA) is 78.9 Å². The van der Waals surface area contributed by atoms with Crippen LogP contribution >= 0.6 is 11.6 Å². The van der Waals surface area contributed by atoms with Crippen molar-refractivity contribution in [2.75, 3.05) is 0 Å². The molecule has 0 saturated heterocycles. The van der Waals surface area contributed by atoms with Gasteiger partial charge in [0, 0.05) is 5.56 Å². The van der Waals surface area contributed by atoms with Crippen LogP contribution in [0.2, 0.25) is 5.02 Å². The van der Waals surface area contributed by atoms with Gasteiger partial charge in [0.05, 0.1) is 11.1 Å². The molecule has 1 fully saturated rings. The largest absolute Gasteiger partial charge is 0.360 e. The molecule has 5 nitrogen and oxygen atoms in total. The first-order chi connectivity index (χ1) is 11.6. The van der Waals surface area contributed by atoms with Crippen molar-refractivity contribution in [2.45, 2.75) is 44.6 Å². The van der Waals surface area contributed by atoms with E-state index in [1.807, 2.05) is 12.1 Å². The third-order valence-corrected chi connectivity index (χ3v) is 4.82. The highest BCUT2D eigenvalue weighted by atomic mass is 35.5. The van der Waals surface area contributed by atoms with Crippen molar-refractivity contribution in [1.29, 1.82) is 5.26 Å². The van der Waals surface area contributed by atoms with Crippen molar-refractivity contribution in [1.82, 2.24) is 10.5 Å². The van der Waals surface area contributed by atoms with Crippen LogP contribution in [0.4, 0.5) is 0 Å². The maximum Gasteiger partial charge on any atom is 0.258 e. The number of carbonyl (C=O) groups is 1. The highest BCUT2D eigenvalue weighted by Crippen LogP contribution is 2.32. The minimum atomic E-state index is -0.809. The van der Waals surface area contributed by atoms with Gasteiger partial charge in [0.25, 0.3) is 5.91 Å². The Labute approximate surface area is 145 Å². The molecule has 0 unspecified atom stereocenters. The number of nitrogens with zero attached hydrogens (tertiary/aromatic N) is 2. The molecule has 2 aromatic rings. The minimum Gasteiger partial charge on any atom is -0.360 e. The first-order valence-electron chi connectivity index (χ1n) is 8.01. The summed E-state index contributed by atoms with van der Waals surface area (Å²) in [6.07, 6.45) is 4.31. The number of carbonyl (C=O) groups excluding carboxylic acids is 1. The molecule has 1 amide bonds. The molecular weight excluding hydrogens is 326 g/mol. The molecule has 0 atom stereocenters. The van der Waals surface area contributed by atoms with Gasteiger partial charge >= 0.3 is 0 Å². The van der Waals surface area contributed by atoms with Crippen molar-refractivity contribution in [3.05, 3.63) is 40.6 Å². The molecule has 3 rings (SSSR count). The monoisotopic (exact) mass is 343 g/mol. The van der Waals surface area contributed by atoms with E-state index in [2.05, 4.69) is 16.5 Å². The Hall–Kier alpha value is -2.32. The fourth-order valence-corrected chi connectivity index (χ4v) is 3.40. The second kappa shape index (κ2) is 6.66. The fourth-order valence-electron chi connectivity index (χ4n) is 3.18. The number of benzene rings is 1. The zero-order valence-corrected chi connectivity index (χ0v) is 14.2. The predicted octanol–water partition coefficient (Wildman–Crippen LogP) is 4.26. The molecule has 24 heavy (non-hydrogen) atoms. The third-order valence-electron chi connectivity index (χ3n) is 4.49. The number of aryl methyl sites for hydroxylation is 1. The molecule has 0 radical (unpaired) electrons. The fraction of sp³-hybridized carbons (Fsp3) is 0.389. The Morgan fingerprint density at radius 1 is 1.33 bits per heavy atom. The summed E-state index contributed by atoms with van der Waals surface area (Å²) in [4.78, 5) is 12.9. The summed E-state index contributed by atoms with van der Waals surface area (Å²) in [7, 11) is 0. The highest BCUT2D eigenvalue weighted by molar-refractivity contribution is 6.33. The van der Waals surface area contributed by atoms with Gasteiger partial charge in [-0.2, -0.15) is 5.26 Å². The molecule has 1 aromatic heterocycles. The number of amides is 1. The molecule has 6 heteroatoms. The summed E-state index contributed by atoms with van der Waals surface area (Å²) in [5.74, 6) is 0.0680. The van der Waals surface area contributed by atoms with Crippen LogP contribution in [0.15, 0.2) is 28.8 Å². The van der Waals surface area contributed by atoms with Crippen LogP contribution in [0, 0.1) is 18.3 Å². The van der Waals surface area contributed by atoms with E-state index in [9.17, 15) is 10.1 Å². The van der Waals surface area contributed by atoms with E-state index in [-0.39, 0.29) is 5.91 Å². The average molecular weight is 344 g/mol. The lowest BCUT2D eigenvalue weighted by Crippen LogP contribution is -2.48. The summed E-state index contributed by atoms with van der Waals surface area (Å²) in [6, 6.07) is 9.45. The van der Waals surface area contributed by atoms with E-state index in [4.69, 9.17) is 16.1 Å². The van der Waals surface area contributed by atoms with E-state index >= 15 is 0 Å². The van der Waals surface area contributed by atoms with Crippen LogP contribution in [-0.4, -0.2) is 16.6 Å². The van der Waals surface area contributed by atoms with Gasteiger partial charge in [-0.15, -0.1) is 0 Å². The molecule has 124 valence electrons. The van der Waals surface area contributed by atoms with Gasteiger partial charge in [-0.1, -0.05) is 54.2 Å². The van der Waals surface area contributed by atoms with Gasteiger partial charge in [0.2, 0.25) is 0 Å². The molecule has 0 bridgehead atoms. The molecule has 1 N–H and O–H groups in total. The lowest BCUT2D eigenvalue weighted by Gasteiger charge is -2.31.